The molecule has 1 rings (SSSR count). The van der Waals surface area contributed by atoms with E-state index in [1.165, 1.54) is 13.2 Å². The fourth-order valence-electron chi connectivity index (χ4n) is 1.87. The number of ether oxygens (including phenoxy) is 2. The first kappa shape index (κ1) is 18.7. The molecular weight excluding hydrogens is 304 g/mol. The Bertz CT molecular complexity index is 534. The summed E-state index contributed by atoms with van der Waals surface area (Å²) in [5.74, 6) is 1.26. The molecule has 0 amide bonds. The Morgan fingerprint density at radius 3 is 2.74 bits per heavy atom. The third-order valence-corrected chi connectivity index (χ3v) is 2.99. The highest BCUT2D eigenvalue weighted by molar-refractivity contribution is 5.79. The molecule has 23 heavy (non-hydrogen) atoms. The third-order valence-electron chi connectivity index (χ3n) is 2.99. The van der Waals surface area contributed by atoms with Gasteiger partial charge in [0.05, 0.1) is 7.11 Å². The van der Waals surface area contributed by atoms with Crippen molar-refractivity contribution < 1.29 is 18.3 Å². The fourth-order valence-corrected chi connectivity index (χ4v) is 1.87. The zero-order chi connectivity index (χ0) is 17.1. The van der Waals surface area contributed by atoms with Gasteiger partial charge in [0.15, 0.2) is 5.96 Å². The van der Waals surface area contributed by atoms with Gasteiger partial charge in [-0.3, -0.25) is 4.99 Å². The number of hydrogen-bond acceptors (Lipinski definition) is 3. The number of allylic oxidation sites excluding steroid dienone is 1. The number of aliphatic imine (C=N–C) groups is 1. The Morgan fingerprint density at radius 1 is 1.35 bits per heavy atom. The van der Waals surface area contributed by atoms with Gasteiger partial charge in [-0.25, -0.2) is 0 Å². The quantitative estimate of drug-likeness (QED) is 0.334. The van der Waals surface area contributed by atoms with Crippen LogP contribution in [0.1, 0.15) is 18.9 Å². The molecule has 0 fully saturated rings. The third kappa shape index (κ3) is 6.99. The van der Waals surface area contributed by atoms with Gasteiger partial charge >= 0.3 is 6.61 Å². The normalized spacial score (nSPS) is 11.8. The van der Waals surface area contributed by atoms with Crippen molar-refractivity contribution in [2.45, 2.75) is 26.5 Å². The summed E-state index contributed by atoms with van der Waals surface area (Å²) in [5.41, 5.74) is 0.557. The van der Waals surface area contributed by atoms with Gasteiger partial charge in [0.25, 0.3) is 0 Å². The van der Waals surface area contributed by atoms with Crippen molar-refractivity contribution >= 4 is 5.96 Å². The van der Waals surface area contributed by atoms with Gasteiger partial charge in [0.2, 0.25) is 0 Å². The Morgan fingerprint density at radius 2 is 2.13 bits per heavy atom. The second-order valence-corrected chi connectivity index (χ2v) is 4.56. The van der Waals surface area contributed by atoms with Crippen molar-refractivity contribution in [1.29, 1.82) is 0 Å². The molecule has 0 aromatic heterocycles. The predicted molar refractivity (Wildman–Crippen MR) is 87.3 cm³/mol. The van der Waals surface area contributed by atoms with Gasteiger partial charge < -0.3 is 20.1 Å². The molecule has 1 aromatic carbocycles. The van der Waals surface area contributed by atoms with Gasteiger partial charge in [-0.05, 0) is 31.5 Å². The Kier molecular flexibility index (Phi) is 8.49. The average molecular weight is 327 g/mol. The molecule has 5 nitrogen and oxygen atoms in total. The molecule has 1 aromatic rings. The number of guanidine groups is 1. The van der Waals surface area contributed by atoms with Crippen molar-refractivity contribution in [3.8, 4) is 11.5 Å². The first-order valence-electron chi connectivity index (χ1n) is 7.28. The lowest BCUT2D eigenvalue weighted by atomic mass is 10.2. The van der Waals surface area contributed by atoms with Gasteiger partial charge in [0.1, 0.15) is 11.5 Å². The van der Waals surface area contributed by atoms with Crippen LogP contribution in [0.15, 0.2) is 35.3 Å². The molecule has 0 bridgehead atoms. The van der Waals surface area contributed by atoms with Crippen LogP contribution in [0.4, 0.5) is 8.78 Å². The lowest BCUT2D eigenvalue weighted by Gasteiger charge is -2.15. The van der Waals surface area contributed by atoms with E-state index in [-0.39, 0.29) is 12.3 Å². The summed E-state index contributed by atoms with van der Waals surface area (Å²) in [7, 11) is 3.16. The SMILES string of the molecule is C/C=C/CCNC(=NC)NCc1cc(OC)ccc1OC(F)F. The minimum atomic E-state index is -2.87. The molecule has 0 saturated carbocycles. The fraction of sp³-hybridized carbons (Fsp3) is 0.438. The van der Waals surface area contributed by atoms with Crippen LogP contribution in [0, 0.1) is 0 Å². The van der Waals surface area contributed by atoms with E-state index in [4.69, 9.17) is 4.74 Å². The van der Waals surface area contributed by atoms with E-state index in [1.54, 1.807) is 19.2 Å². The van der Waals surface area contributed by atoms with Crippen LogP contribution in [0.2, 0.25) is 0 Å². The maximum absolute atomic E-state index is 12.5. The Hall–Kier alpha value is -2.31. The first-order chi connectivity index (χ1) is 11.1. The smallest absolute Gasteiger partial charge is 0.387 e. The number of nitrogens with one attached hydrogen (secondary N) is 2. The number of hydrogen-bond donors (Lipinski definition) is 2. The highest BCUT2D eigenvalue weighted by atomic mass is 19.3. The molecule has 0 unspecified atom stereocenters. The van der Waals surface area contributed by atoms with Crippen LogP contribution < -0.4 is 20.1 Å². The van der Waals surface area contributed by atoms with E-state index >= 15 is 0 Å². The van der Waals surface area contributed by atoms with E-state index < -0.39 is 6.61 Å². The second-order valence-electron chi connectivity index (χ2n) is 4.56. The molecule has 0 heterocycles. The number of rotatable bonds is 8. The highest BCUT2D eigenvalue weighted by Gasteiger charge is 2.11. The van der Waals surface area contributed by atoms with E-state index in [2.05, 4.69) is 20.4 Å². The van der Waals surface area contributed by atoms with Crippen molar-refractivity contribution in [2.75, 3.05) is 20.7 Å². The molecule has 0 aliphatic heterocycles. The molecule has 7 heteroatoms. The van der Waals surface area contributed by atoms with Crippen molar-refractivity contribution in [3.05, 3.63) is 35.9 Å². The van der Waals surface area contributed by atoms with Gasteiger partial charge in [0, 0.05) is 25.7 Å². The van der Waals surface area contributed by atoms with Crippen LogP contribution in [0.5, 0.6) is 11.5 Å². The Labute approximate surface area is 135 Å². The summed E-state index contributed by atoms with van der Waals surface area (Å²) < 4.78 is 34.6. The maximum Gasteiger partial charge on any atom is 0.387 e. The standard InChI is InChI=1S/C16H23F2N3O2/c1-4-5-6-9-20-16(19-2)21-11-12-10-13(22-3)7-8-14(12)23-15(17)18/h4-5,7-8,10,15H,6,9,11H2,1-3H3,(H2,19,20,21)/b5-4+. The molecule has 0 radical (unpaired) electrons. The molecule has 2 N–H and O–H groups in total. The summed E-state index contributed by atoms with van der Waals surface area (Å²) in [4.78, 5) is 4.08. The second kappa shape index (κ2) is 10.4. The van der Waals surface area contributed by atoms with Crippen molar-refractivity contribution in [3.63, 3.8) is 0 Å². The monoisotopic (exact) mass is 327 g/mol. The summed E-state index contributed by atoms with van der Waals surface area (Å²) >= 11 is 0. The van der Waals surface area contributed by atoms with E-state index in [0.717, 1.165) is 13.0 Å². The van der Waals surface area contributed by atoms with Crippen molar-refractivity contribution in [2.24, 2.45) is 4.99 Å². The highest BCUT2D eigenvalue weighted by Crippen LogP contribution is 2.25. The zero-order valence-electron chi connectivity index (χ0n) is 13.6. The summed E-state index contributed by atoms with van der Waals surface area (Å²) in [6.07, 6.45) is 4.88. The summed E-state index contributed by atoms with van der Waals surface area (Å²) in [6, 6.07) is 4.69. The number of halogens is 2. The van der Waals surface area contributed by atoms with E-state index in [9.17, 15) is 8.78 Å². The van der Waals surface area contributed by atoms with Gasteiger partial charge in [-0.1, -0.05) is 12.2 Å². The summed E-state index contributed by atoms with van der Waals surface area (Å²) in [6.45, 7) is 0.0891. The molecule has 0 aliphatic carbocycles. The van der Waals surface area contributed by atoms with Gasteiger partial charge in [-0.2, -0.15) is 8.78 Å². The zero-order valence-corrected chi connectivity index (χ0v) is 13.6. The van der Waals surface area contributed by atoms with Gasteiger partial charge in [-0.15, -0.1) is 0 Å². The molecule has 0 saturated heterocycles. The number of nitrogens with zero attached hydrogens (tertiary/aromatic N) is 1. The van der Waals surface area contributed by atoms with Crippen LogP contribution in [-0.2, 0) is 6.54 Å². The average Bonchev–Trinajstić information content (AvgIpc) is 2.54. The van der Waals surface area contributed by atoms with Crippen LogP contribution in [0.25, 0.3) is 0 Å². The predicted octanol–water partition coefficient (Wildman–Crippen LogP) is 2.93. The number of alkyl halides is 2. The van der Waals surface area contributed by atoms with Crippen LogP contribution >= 0.6 is 0 Å². The molecule has 0 spiro atoms. The van der Waals surface area contributed by atoms with E-state index in [1.807, 2.05) is 19.1 Å². The molecule has 0 aliphatic rings. The lowest BCUT2D eigenvalue weighted by Crippen LogP contribution is -2.37. The van der Waals surface area contributed by atoms with Crippen LogP contribution in [-0.4, -0.2) is 33.3 Å². The van der Waals surface area contributed by atoms with E-state index in [0.29, 0.717) is 17.3 Å². The van der Waals surface area contributed by atoms with Crippen LogP contribution in [0.3, 0.4) is 0 Å². The first-order valence-corrected chi connectivity index (χ1v) is 7.28. The topological polar surface area (TPSA) is 54.9 Å². The minimum Gasteiger partial charge on any atom is -0.497 e. The number of benzene rings is 1. The summed E-state index contributed by atoms with van der Waals surface area (Å²) in [5, 5.41) is 6.19. The Balaban J connectivity index is 2.69. The molecular formula is C16H23F2N3O2. The minimum absolute atomic E-state index is 0.109. The largest absolute Gasteiger partial charge is 0.497 e. The maximum atomic E-state index is 12.5. The molecule has 0 atom stereocenters. The number of methoxy groups -OCH3 is 1. The lowest BCUT2D eigenvalue weighted by molar-refractivity contribution is -0.0504. The molecule has 128 valence electrons. The van der Waals surface area contributed by atoms with Crippen molar-refractivity contribution in [1.82, 2.24) is 10.6 Å².